The summed E-state index contributed by atoms with van der Waals surface area (Å²) in [7, 11) is 0. The predicted molar refractivity (Wildman–Crippen MR) is 86.4 cm³/mol. The molecule has 2 N–H and O–H groups in total. The number of nitro groups is 1. The molecule has 0 radical (unpaired) electrons. The van der Waals surface area contributed by atoms with Gasteiger partial charge in [-0.25, -0.2) is 4.39 Å². The lowest BCUT2D eigenvalue weighted by molar-refractivity contribution is -0.384. The number of thiocarbonyl (C=S) groups is 1. The molecule has 2 rings (SSSR count). The smallest absolute Gasteiger partial charge is 0.270 e. The summed E-state index contributed by atoms with van der Waals surface area (Å²) in [6.45, 7) is 0. The molecule has 2 aromatic rings. The lowest BCUT2D eigenvalue weighted by Crippen LogP contribution is -2.23. The zero-order chi connectivity index (χ0) is 15.9. The molecule has 22 heavy (non-hydrogen) atoms. The number of hydrazone groups is 1. The first-order valence-corrected chi connectivity index (χ1v) is 6.55. The summed E-state index contributed by atoms with van der Waals surface area (Å²) in [6.07, 6.45) is 1.41. The number of hydrogen-bond donors (Lipinski definition) is 2. The molecule has 0 unspecified atom stereocenters. The number of non-ortho nitro benzene ring substituents is 1. The molecule has 0 aliphatic heterocycles. The van der Waals surface area contributed by atoms with Crippen LogP contribution in [-0.4, -0.2) is 16.3 Å². The molecule has 0 spiro atoms. The van der Waals surface area contributed by atoms with E-state index in [1.54, 1.807) is 12.1 Å². The number of nitrogens with one attached hydrogen (secondary N) is 2. The van der Waals surface area contributed by atoms with Gasteiger partial charge in [0.2, 0.25) is 0 Å². The number of anilines is 1. The summed E-state index contributed by atoms with van der Waals surface area (Å²) < 4.78 is 12.8. The average Bonchev–Trinajstić information content (AvgIpc) is 2.50. The van der Waals surface area contributed by atoms with Crippen LogP contribution in [-0.2, 0) is 0 Å². The second-order valence-corrected chi connectivity index (χ2v) is 4.59. The van der Waals surface area contributed by atoms with Crippen molar-refractivity contribution in [3.63, 3.8) is 0 Å². The summed E-state index contributed by atoms with van der Waals surface area (Å²) in [5.41, 5.74) is 3.73. The maximum absolute atomic E-state index is 12.8. The van der Waals surface area contributed by atoms with Crippen LogP contribution in [0.15, 0.2) is 53.6 Å². The van der Waals surface area contributed by atoms with Gasteiger partial charge in [0.1, 0.15) is 5.82 Å². The van der Waals surface area contributed by atoms with Gasteiger partial charge >= 0.3 is 0 Å². The lowest BCUT2D eigenvalue weighted by Gasteiger charge is -2.06. The monoisotopic (exact) mass is 318 g/mol. The summed E-state index contributed by atoms with van der Waals surface area (Å²) in [4.78, 5) is 10.2. The first kappa shape index (κ1) is 15.5. The summed E-state index contributed by atoms with van der Waals surface area (Å²) in [5.74, 6) is -0.340. The molecule has 0 aliphatic rings. The fourth-order valence-electron chi connectivity index (χ4n) is 1.58. The average molecular weight is 318 g/mol. The second-order valence-electron chi connectivity index (χ2n) is 4.18. The predicted octanol–water partition coefficient (Wildman–Crippen LogP) is 3.05. The lowest BCUT2D eigenvalue weighted by atomic mass is 10.2. The maximum atomic E-state index is 12.8. The van der Waals surface area contributed by atoms with Gasteiger partial charge in [0, 0.05) is 23.4 Å². The van der Waals surface area contributed by atoms with Crippen LogP contribution >= 0.6 is 12.2 Å². The number of benzene rings is 2. The van der Waals surface area contributed by atoms with Crippen molar-refractivity contribution in [3.8, 4) is 0 Å². The van der Waals surface area contributed by atoms with Crippen molar-refractivity contribution >= 4 is 34.9 Å². The molecule has 0 aromatic heterocycles. The van der Waals surface area contributed by atoms with Crippen molar-refractivity contribution in [1.82, 2.24) is 5.43 Å². The van der Waals surface area contributed by atoms with Gasteiger partial charge in [0.25, 0.3) is 5.69 Å². The Morgan fingerprint density at radius 3 is 2.68 bits per heavy atom. The highest BCUT2D eigenvalue weighted by Crippen LogP contribution is 2.11. The molecular weight excluding hydrogens is 307 g/mol. The van der Waals surface area contributed by atoms with Gasteiger partial charge in [-0.1, -0.05) is 12.1 Å². The van der Waals surface area contributed by atoms with Gasteiger partial charge in [-0.3, -0.25) is 15.5 Å². The molecule has 8 heteroatoms. The summed E-state index contributed by atoms with van der Waals surface area (Å²) in [5, 5.41) is 17.6. The number of hydrogen-bond acceptors (Lipinski definition) is 4. The molecule has 0 heterocycles. The van der Waals surface area contributed by atoms with Crippen LogP contribution in [0.2, 0.25) is 0 Å². The Kier molecular flexibility index (Phi) is 5.10. The molecule has 112 valence electrons. The van der Waals surface area contributed by atoms with Gasteiger partial charge in [-0.15, -0.1) is 0 Å². The third-order valence-electron chi connectivity index (χ3n) is 2.56. The molecule has 0 amide bonds. The van der Waals surface area contributed by atoms with Crippen molar-refractivity contribution in [1.29, 1.82) is 0 Å². The molecule has 0 fully saturated rings. The molecule has 0 bridgehead atoms. The largest absolute Gasteiger partial charge is 0.331 e. The van der Waals surface area contributed by atoms with Crippen LogP contribution < -0.4 is 10.7 Å². The molecular formula is C14H11FN4O2S. The van der Waals surface area contributed by atoms with Gasteiger partial charge in [-0.2, -0.15) is 5.10 Å². The number of nitro benzene ring substituents is 1. The quantitative estimate of drug-likeness (QED) is 0.392. The maximum Gasteiger partial charge on any atom is 0.270 e. The first-order valence-electron chi connectivity index (χ1n) is 6.15. The van der Waals surface area contributed by atoms with E-state index in [2.05, 4.69) is 15.8 Å². The van der Waals surface area contributed by atoms with Crippen LogP contribution in [0.25, 0.3) is 0 Å². The van der Waals surface area contributed by atoms with E-state index in [0.29, 0.717) is 11.3 Å². The van der Waals surface area contributed by atoms with Gasteiger partial charge < -0.3 is 5.32 Å². The van der Waals surface area contributed by atoms with Crippen molar-refractivity contribution in [2.45, 2.75) is 0 Å². The molecule has 2 aromatic carbocycles. The molecule has 6 nitrogen and oxygen atoms in total. The van der Waals surface area contributed by atoms with Gasteiger partial charge in [0.15, 0.2) is 5.11 Å². The van der Waals surface area contributed by atoms with E-state index < -0.39 is 4.92 Å². The minimum absolute atomic E-state index is 0.0176. The van der Waals surface area contributed by atoms with E-state index in [1.165, 1.54) is 42.6 Å². The topological polar surface area (TPSA) is 79.6 Å². The van der Waals surface area contributed by atoms with Crippen LogP contribution in [0.4, 0.5) is 15.8 Å². The highest BCUT2D eigenvalue weighted by molar-refractivity contribution is 7.80. The van der Waals surface area contributed by atoms with E-state index in [0.717, 1.165) is 0 Å². The Bertz CT molecular complexity index is 719. The van der Waals surface area contributed by atoms with Gasteiger partial charge in [-0.05, 0) is 36.5 Å². The van der Waals surface area contributed by atoms with E-state index in [-0.39, 0.29) is 16.6 Å². The first-order chi connectivity index (χ1) is 10.5. The Morgan fingerprint density at radius 2 is 2.00 bits per heavy atom. The van der Waals surface area contributed by atoms with Crippen molar-refractivity contribution in [2.75, 3.05) is 5.32 Å². The van der Waals surface area contributed by atoms with Crippen LogP contribution in [0, 0.1) is 15.9 Å². The second kappa shape index (κ2) is 7.23. The van der Waals surface area contributed by atoms with E-state index in [4.69, 9.17) is 12.2 Å². The molecule has 0 aliphatic carbocycles. The highest BCUT2D eigenvalue weighted by Gasteiger charge is 2.04. The van der Waals surface area contributed by atoms with Crippen molar-refractivity contribution < 1.29 is 9.31 Å². The zero-order valence-electron chi connectivity index (χ0n) is 11.2. The number of halogens is 1. The van der Waals surface area contributed by atoms with Crippen LogP contribution in [0.1, 0.15) is 5.56 Å². The van der Waals surface area contributed by atoms with E-state index >= 15 is 0 Å². The molecule has 0 saturated carbocycles. The fourth-order valence-corrected chi connectivity index (χ4v) is 1.75. The third-order valence-corrected chi connectivity index (χ3v) is 2.76. The van der Waals surface area contributed by atoms with Crippen molar-refractivity contribution in [3.05, 3.63) is 70.0 Å². The van der Waals surface area contributed by atoms with Crippen LogP contribution in [0.3, 0.4) is 0 Å². The summed E-state index contributed by atoms with van der Waals surface area (Å²) in [6, 6.07) is 11.7. The Hall–Kier alpha value is -2.87. The van der Waals surface area contributed by atoms with Gasteiger partial charge in [0.05, 0.1) is 11.1 Å². The minimum Gasteiger partial charge on any atom is -0.331 e. The Morgan fingerprint density at radius 1 is 1.27 bits per heavy atom. The number of nitrogens with zero attached hydrogens (tertiary/aromatic N) is 2. The zero-order valence-corrected chi connectivity index (χ0v) is 12.0. The normalized spacial score (nSPS) is 10.4. The summed E-state index contributed by atoms with van der Waals surface area (Å²) >= 11 is 5.01. The number of rotatable bonds is 4. The fraction of sp³-hybridized carbons (Fsp3) is 0. The standard InChI is InChI=1S/C14H11FN4O2S/c15-11-4-6-12(7-5-11)17-14(22)18-16-9-10-2-1-3-13(8-10)19(20)21/h1-9H,(H2,17,18,22)/b16-9+. The molecule has 0 saturated heterocycles. The highest BCUT2D eigenvalue weighted by atomic mass is 32.1. The van der Waals surface area contributed by atoms with E-state index in [1.807, 2.05) is 0 Å². The minimum atomic E-state index is -0.481. The van der Waals surface area contributed by atoms with Crippen LogP contribution in [0.5, 0.6) is 0 Å². The SMILES string of the molecule is O=[N+]([O-])c1cccc(/C=N/NC(=S)Nc2ccc(F)cc2)c1. The molecule has 0 atom stereocenters. The van der Waals surface area contributed by atoms with Crippen molar-refractivity contribution in [2.24, 2.45) is 5.10 Å². The van der Waals surface area contributed by atoms with E-state index in [9.17, 15) is 14.5 Å². The Balaban J connectivity index is 1.91. The third kappa shape index (κ3) is 4.60. The Labute approximate surface area is 130 Å².